The van der Waals surface area contributed by atoms with Gasteiger partial charge >= 0.3 is 5.97 Å². The Kier molecular flexibility index (Phi) is 4.58. The fourth-order valence-electron chi connectivity index (χ4n) is 2.83. The molecule has 3 nitrogen and oxygen atoms in total. The van der Waals surface area contributed by atoms with E-state index < -0.39 is 5.97 Å². The van der Waals surface area contributed by atoms with Gasteiger partial charge in [0, 0.05) is 6.04 Å². The predicted molar refractivity (Wildman–Crippen MR) is 60.8 cm³/mol. The van der Waals surface area contributed by atoms with Crippen molar-refractivity contribution < 1.29 is 9.90 Å². The number of hydrogen-bond acceptors (Lipinski definition) is 2. The van der Waals surface area contributed by atoms with Gasteiger partial charge in [-0.1, -0.05) is 20.8 Å². The third-order valence-corrected chi connectivity index (χ3v) is 3.60. The summed E-state index contributed by atoms with van der Waals surface area (Å²) in [7, 11) is 0. The quantitative estimate of drug-likeness (QED) is 0.778. The molecule has 1 saturated carbocycles. The van der Waals surface area contributed by atoms with Crippen molar-refractivity contribution in [3.8, 4) is 0 Å². The van der Waals surface area contributed by atoms with Gasteiger partial charge in [-0.3, -0.25) is 9.69 Å². The molecule has 1 rings (SSSR count). The molecule has 3 atom stereocenters. The molecule has 3 unspecified atom stereocenters. The maximum atomic E-state index is 10.7. The topological polar surface area (TPSA) is 40.5 Å². The monoisotopic (exact) mass is 213 g/mol. The Labute approximate surface area is 92.5 Å². The lowest BCUT2D eigenvalue weighted by molar-refractivity contribution is -0.139. The summed E-state index contributed by atoms with van der Waals surface area (Å²) in [5, 5.41) is 8.84. The van der Waals surface area contributed by atoms with Crippen LogP contribution in [-0.2, 0) is 4.79 Å². The van der Waals surface area contributed by atoms with Gasteiger partial charge in [0.05, 0.1) is 6.54 Å². The zero-order valence-corrected chi connectivity index (χ0v) is 10.1. The second-order valence-electron chi connectivity index (χ2n) is 4.92. The fraction of sp³-hybridized carbons (Fsp3) is 0.917. The van der Waals surface area contributed by atoms with Gasteiger partial charge in [0.1, 0.15) is 0 Å². The maximum Gasteiger partial charge on any atom is 0.317 e. The Morgan fingerprint density at radius 3 is 2.53 bits per heavy atom. The molecule has 0 aliphatic heterocycles. The highest BCUT2D eigenvalue weighted by Crippen LogP contribution is 2.31. The van der Waals surface area contributed by atoms with Gasteiger partial charge in [-0.2, -0.15) is 0 Å². The number of carboxylic acid groups (broad SMARTS) is 1. The van der Waals surface area contributed by atoms with E-state index in [0.29, 0.717) is 12.0 Å². The Morgan fingerprint density at radius 1 is 1.40 bits per heavy atom. The molecule has 15 heavy (non-hydrogen) atoms. The first kappa shape index (κ1) is 12.5. The van der Waals surface area contributed by atoms with Crippen LogP contribution < -0.4 is 0 Å². The van der Waals surface area contributed by atoms with Crippen LogP contribution in [0.2, 0.25) is 0 Å². The number of rotatable bonds is 4. The van der Waals surface area contributed by atoms with Gasteiger partial charge in [0.25, 0.3) is 0 Å². The second kappa shape index (κ2) is 5.50. The van der Waals surface area contributed by atoms with Crippen LogP contribution >= 0.6 is 0 Å². The number of hydrogen-bond donors (Lipinski definition) is 1. The molecule has 0 heterocycles. The summed E-state index contributed by atoms with van der Waals surface area (Å²) in [5.74, 6) is 0.732. The van der Waals surface area contributed by atoms with E-state index in [9.17, 15) is 4.79 Å². The standard InChI is InChI=1S/C12H23NO2/c1-4-13(8-12(14)15)11-6-5-9(2)7-10(11)3/h9-11H,4-8H2,1-3H3,(H,14,15). The number of likely N-dealkylation sites (N-methyl/N-ethyl adjacent to an activating group) is 1. The normalized spacial score (nSPS) is 31.9. The van der Waals surface area contributed by atoms with E-state index in [1.54, 1.807) is 0 Å². The first-order valence-electron chi connectivity index (χ1n) is 6.00. The van der Waals surface area contributed by atoms with E-state index in [2.05, 4.69) is 18.7 Å². The van der Waals surface area contributed by atoms with E-state index in [0.717, 1.165) is 18.9 Å². The fourth-order valence-corrected chi connectivity index (χ4v) is 2.83. The van der Waals surface area contributed by atoms with Crippen molar-refractivity contribution in [1.29, 1.82) is 0 Å². The van der Waals surface area contributed by atoms with E-state index in [1.165, 1.54) is 12.8 Å². The lowest BCUT2D eigenvalue weighted by atomic mass is 9.79. The summed E-state index contributed by atoms with van der Waals surface area (Å²) in [6.07, 6.45) is 3.63. The number of carbonyl (C=O) groups is 1. The van der Waals surface area contributed by atoms with E-state index in [-0.39, 0.29) is 6.54 Å². The van der Waals surface area contributed by atoms with Crippen molar-refractivity contribution in [2.45, 2.75) is 46.1 Å². The largest absolute Gasteiger partial charge is 0.480 e. The van der Waals surface area contributed by atoms with Crippen molar-refractivity contribution in [3.63, 3.8) is 0 Å². The highest BCUT2D eigenvalue weighted by Gasteiger charge is 2.29. The molecule has 1 aliphatic carbocycles. The zero-order chi connectivity index (χ0) is 11.4. The molecule has 0 aromatic rings. The predicted octanol–water partition coefficient (Wildman–Crippen LogP) is 2.22. The Bertz CT molecular complexity index is 218. The molecule has 1 fully saturated rings. The van der Waals surface area contributed by atoms with Crippen LogP contribution in [0.4, 0.5) is 0 Å². The van der Waals surface area contributed by atoms with Crippen LogP contribution in [0.3, 0.4) is 0 Å². The van der Waals surface area contributed by atoms with Gasteiger partial charge < -0.3 is 5.11 Å². The van der Waals surface area contributed by atoms with Crippen molar-refractivity contribution in [2.75, 3.05) is 13.1 Å². The summed E-state index contributed by atoms with van der Waals surface area (Å²) in [6.45, 7) is 7.63. The van der Waals surface area contributed by atoms with E-state index in [1.807, 2.05) is 6.92 Å². The van der Waals surface area contributed by atoms with E-state index in [4.69, 9.17) is 5.11 Å². The highest BCUT2D eigenvalue weighted by molar-refractivity contribution is 5.69. The van der Waals surface area contributed by atoms with Gasteiger partial charge in [-0.05, 0) is 37.6 Å². The van der Waals surface area contributed by atoms with E-state index >= 15 is 0 Å². The molecule has 0 spiro atoms. The van der Waals surface area contributed by atoms with Crippen LogP contribution in [0.15, 0.2) is 0 Å². The van der Waals surface area contributed by atoms with Crippen molar-refractivity contribution >= 4 is 5.97 Å². The molecule has 1 aliphatic rings. The minimum absolute atomic E-state index is 0.194. The molecule has 0 aromatic carbocycles. The number of aliphatic carboxylic acids is 1. The summed E-state index contributed by atoms with van der Waals surface area (Å²) in [4.78, 5) is 12.9. The summed E-state index contributed by atoms with van der Waals surface area (Å²) >= 11 is 0. The minimum Gasteiger partial charge on any atom is -0.480 e. The third kappa shape index (κ3) is 3.49. The molecule has 0 radical (unpaired) electrons. The third-order valence-electron chi connectivity index (χ3n) is 3.60. The summed E-state index contributed by atoms with van der Waals surface area (Å²) in [6, 6.07) is 0.474. The molecular formula is C12H23NO2. The Morgan fingerprint density at radius 2 is 2.07 bits per heavy atom. The number of carboxylic acids is 1. The molecule has 0 aromatic heterocycles. The number of nitrogens with zero attached hydrogens (tertiary/aromatic N) is 1. The molecule has 0 amide bonds. The van der Waals surface area contributed by atoms with Crippen molar-refractivity contribution in [1.82, 2.24) is 4.90 Å². The van der Waals surface area contributed by atoms with Crippen LogP contribution in [-0.4, -0.2) is 35.1 Å². The molecule has 0 bridgehead atoms. The summed E-state index contributed by atoms with van der Waals surface area (Å²) < 4.78 is 0. The zero-order valence-electron chi connectivity index (χ0n) is 10.1. The molecule has 0 saturated heterocycles. The van der Waals surface area contributed by atoms with Gasteiger partial charge in [-0.15, -0.1) is 0 Å². The Hall–Kier alpha value is -0.570. The van der Waals surface area contributed by atoms with Crippen LogP contribution in [0, 0.1) is 11.8 Å². The first-order chi connectivity index (χ1) is 7.04. The van der Waals surface area contributed by atoms with Crippen LogP contribution in [0.25, 0.3) is 0 Å². The highest BCUT2D eigenvalue weighted by atomic mass is 16.4. The van der Waals surface area contributed by atoms with Crippen molar-refractivity contribution in [2.24, 2.45) is 11.8 Å². The molecule has 88 valence electrons. The molecule has 1 N–H and O–H groups in total. The average molecular weight is 213 g/mol. The van der Waals surface area contributed by atoms with Crippen molar-refractivity contribution in [3.05, 3.63) is 0 Å². The molecule has 3 heteroatoms. The van der Waals surface area contributed by atoms with Gasteiger partial charge in [0.15, 0.2) is 0 Å². The average Bonchev–Trinajstić information content (AvgIpc) is 2.14. The Balaban J connectivity index is 2.55. The SMILES string of the molecule is CCN(CC(=O)O)C1CCC(C)CC1C. The van der Waals surface area contributed by atoms with Gasteiger partial charge in [0.2, 0.25) is 0 Å². The summed E-state index contributed by atoms with van der Waals surface area (Å²) in [5.41, 5.74) is 0. The second-order valence-corrected chi connectivity index (χ2v) is 4.92. The molecular weight excluding hydrogens is 190 g/mol. The smallest absolute Gasteiger partial charge is 0.317 e. The lowest BCUT2D eigenvalue weighted by Crippen LogP contribution is -2.45. The lowest BCUT2D eigenvalue weighted by Gasteiger charge is -2.39. The maximum absolute atomic E-state index is 10.7. The van der Waals surface area contributed by atoms with Gasteiger partial charge in [-0.25, -0.2) is 0 Å². The van der Waals surface area contributed by atoms with Crippen LogP contribution in [0.1, 0.15) is 40.0 Å². The van der Waals surface area contributed by atoms with Crippen LogP contribution in [0.5, 0.6) is 0 Å². The minimum atomic E-state index is -0.706. The first-order valence-corrected chi connectivity index (χ1v) is 6.00.